The van der Waals surface area contributed by atoms with Crippen molar-refractivity contribution in [3.05, 3.63) is 44.5 Å². The Morgan fingerprint density at radius 2 is 2.30 bits per heavy atom. The highest BCUT2D eigenvalue weighted by molar-refractivity contribution is 6.32. The number of fused-ring (bicyclic) bond motifs is 1. The maximum absolute atomic E-state index is 11.1. The zero-order chi connectivity index (χ0) is 14.7. The molecule has 0 atom stereocenters. The second-order valence-corrected chi connectivity index (χ2v) is 5.53. The van der Waals surface area contributed by atoms with E-state index in [0.29, 0.717) is 23.8 Å². The van der Waals surface area contributed by atoms with Crippen LogP contribution in [0.4, 0.5) is 11.4 Å². The largest absolute Gasteiger partial charge is 0.378 e. The molecule has 1 aliphatic rings. The molecular formula is C14H18ClN3O2. The van der Waals surface area contributed by atoms with Crippen molar-refractivity contribution in [2.45, 2.75) is 20.4 Å². The molecule has 20 heavy (non-hydrogen) atoms. The number of anilines is 1. The summed E-state index contributed by atoms with van der Waals surface area (Å²) in [7, 11) is 0. The van der Waals surface area contributed by atoms with Gasteiger partial charge in [-0.25, -0.2) is 0 Å². The molecule has 0 saturated heterocycles. The first kappa shape index (κ1) is 14.8. The van der Waals surface area contributed by atoms with Gasteiger partial charge in [-0.15, -0.1) is 0 Å². The van der Waals surface area contributed by atoms with Crippen molar-refractivity contribution in [2.24, 2.45) is 0 Å². The van der Waals surface area contributed by atoms with Crippen molar-refractivity contribution < 1.29 is 4.92 Å². The molecule has 1 heterocycles. The van der Waals surface area contributed by atoms with Crippen LogP contribution in [-0.4, -0.2) is 29.5 Å². The lowest BCUT2D eigenvalue weighted by molar-refractivity contribution is -0.384. The van der Waals surface area contributed by atoms with Gasteiger partial charge in [-0.05, 0) is 19.9 Å². The lowest BCUT2D eigenvalue weighted by Crippen LogP contribution is -2.26. The second-order valence-electron chi connectivity index (χ2n) is 5.12. The summed E-state index contributed by atoms with van der Waals surface area (Å²) in [6.45, 7) is 7.05. The fourth-order valence-corrected chi connectivity index (χ4v) is 2.44. The number of nitrogens with zero attached hydrogens (tertiary/aromatic N) is 2. The highest BCUT2D eigenvalue weighted by Crippen LogP contribution is 2.35. The first-order chi connectivity index (χ1) is 9.49. The number of nitro groups is 1. The Kier molecular flexibility index (Phi) is 4.62. The van der Waals surface area contributed by atoms with Gasteiger partial charge in [-0.1, -0.05) is 23.3 Å². The van der Waals surface area contributed by atoms with Crippen molar-refractivity contribution in [3.63, 3.8) is 0 Å². The van der Waals surface area contributed by atoms with Gasteiger partial charge >= 0.3 is 0 Å². The molecule has 0 fully saturated rings. The molecule has 0 unspecified atom stereocenters. The zero-order valence-electron chi connectivity index (χ0n) is 11.6. The normalized spacial score (nSPS) is 14.9. The predicted molar refractivity (Wildman–Crippen MR) is 81.3 cm³/mol. The Balaban J connectivity index is 2.33. The Labute approximate surface area is 123 Å². The zero-order valence-corrected chi connectivity index (χ0v) is 12.4. The summed E-state index contributed by atoms with van der Waals surface area (Å²) >= 11 is 6.21. The summed E-state index contributed by atoms with van der Waals surface area (Å²) in [5, 5.41) is 14.8. The van der Waals surface area contributed by atoms with Crippen LogP contribution in [0.1, 0.15) is 19.4 Å². The Morgan fingerprint density at radius 1 is 1.55 bits per heavy atom. The molecule has 1 aromatic rings. The van der Waals surface area contributed by atoms with E-state index < -0.39 is 0 Å². The molecule has 5 nitrogen and oxygen atoms in total. The number of rotatable bonds is 3. The topological polar surface area (TPSA) is 58.4 Å². The van der Waals surface area contributed by atoms with E-state index in [1.807, 2.05) is 0 Å². The van der Waals surface area contributed by atoms with Gasteiger partial charge in [0.2, 0.25) is 0 Å². The van der Waals surface area contributed by atoms with Gasteiger partial charge in [-0.3, -0.25) is 15.0 Å². The van der Waals surface area contributed by atoms with Crippen molar-refractivity contribution in [1.29, 1.82) is 0 Å². The van der Waals surface area contributed by atoms with Crippen LogP contribution < -0.4 is 5.32 Å². The summed E-state index contributed by atoms with van der Waals surface area (Å²) in [6.07, 6.45) is 2.15. The average Bonchev–Trinajstić information content (AvgIpc) is 2.59. The van der Waals surface area contributed by atoms with E-state index in [9.17, 15) is 10.1 Å². The van der Waals surface area contributed by atoms with Crippen LogP contribution in [0.5, 0.6) is 0 Å². The van der Waals surface area contributed by atoms with Gasteiger partial charge in [0.25, 0.3) is 5.69 Å². The Bertz CT molecular complexity index is 554. The van der Waals surface area contributed by atoms with E-state index in [1.54, 1.807) is 6.07 Å². The molecule has 1 aliphatic heterocycles. The summed E-state index contributed by atoms with van der Waals surface area (Å²) in [5.74, 6) is 0. The van der Waals surface area contributed by atoms with Gasteiger partial charge in [-0.2, -0.15) is 0 Å². The van der Waals surface area contributed by atoms with E-state index in [2.05, 4.69) is 30.1 Å². The van der Waals surface area contributed by atoms with E-state index in [4.69, 9.17) is 11.6 Å². The third-order valence-electron chi connectivity index (χ3n) is 3.30. The van der Waals surface area contributed by atoms with Crippen LogP contribution in [0.15, 0.2) is 23.8 Å². The van der Waals surface area contributed by atoms with Crippen LogP contribution in [-0.2, 0) is 6.54 Å². The lowest BCUT2D eigenvalue weighted by atomic mass is 10.1. The van der Waals surface area contributed by atoms with Crippen LogP contribution in [0, 0.1) is 10.1 Å². The molecule has 6 heteroatoms. The number of hydrogen-bond donors (Lipinski definition) is 1. The first-order valence-corrected chi connectivity index (χ1v) is 6.92. The number of allylic oxidation sites excluding steroid dienone is 1. The van der Waals surface area contributed by atoms with Crippen molar-refractivity contribution in [2.75, 3.05) is 25.0 Å². The predicted octanol–water partition coefficient (Wildman–Crippen LogP) is 3.44. The Morgan fingerprint density at radius 3 is 2.95 bits per heavy atom. The van der Waals surface area contributed by atoms with Crippen molar-refractivity contribution >= 4 is 23.0 Å². The van der Waals surface area contributed by atoms with E-state index in [-0.39, 0.29) is 10.6 Å². The number of hydrogen-bond acceptors (Lipinski definition) is 4. The fraction of sp³-hybridized carbons (Fsp3) is 0.429. The molecule has 108 valence electrons. The molecule has 1 N–H and O–H groups in total. The van der Waals surface area contributed by atoms with Crippen molar-refractivity contribution in [1.82, 2.24) is 4.90 Å². The highest BCUT2D eigenvalue weighted by atomic mass is 35.5. The van der Waals surface area contributed by atoms with Gasteiger partial charge in [0.1, 0.15) is 5.69 Å². The summed E-state index contributed by atoms with van der Waals surface area (Å²) in [5.41, 5.74) is 2.71. The molecule has 0 aromatic heterocycles. The highest BCUT2D eigenvalue weighted by Gasteiger charge is 2.23. The minimum absolute atomic E-state index is 0.0912. The van der Waals surface area contributed by atoms with Crippen molar-refractivity contribution in [3.8, 4) is 0 Å². The summed E-state index contributed by atoms with van der Waals surface area (Å²) < 4.78 is 0. The maximum atomic E-state index is 11.1. The van der Waals surface area contributed by atoms with E-state index in [0.717, 1.165) is 18.7 Å². The first-order valence-electron chi connectivity index (χ1n) is 6.54. The minimum Gasteiger partial charge on any atom is -0.378 e. The van der Waals surface area contributed by atoms with Gasteiger partial charge < -0.3 is 5.32 Å². The Hall–Kier alpha value is -1.59. The average molecular weight is 296 g/mol. The lowest BCUT2D eigenvalue weighted by Gasteiger charge is -2.18. The van der Waals surface area contributed by atoms with E-state index in [1.165, 1.54) is 11.6 Å². The summed E-state index contributed by atoms with van der Waals surface area (Å²) in [4.78, 5) is 12.9. The van der Waals surface area contributed by atoms with E-state index >= 15 is 0 Å². The third-order valence-corrected chi connectivity index (χ3v) is 3.65. The quantitative estimate of drug-likeness (QED) is 0.527. The number of nitrogens with one attached hydrogen (secondary N) is 1. The van der Waals surface area contributed by atoms with Gasteiger partial charge in [0, 0.05) is 42.8 Å². The monoisotopic (exact) mass is 295 g/mol. The molecule has 1 aromatic carbocycles. The fourth-order valence-electron chi connectivity index (χ4n) is 2.22. The van der Waals surface area contributed by atoms with Gasteiger partial charge in [0.05, 0.1) is 4.92 Å². The SMILES string of the molecule is CC(C)=CCN1CCNc2c([N+](=O)[O-])ccc(Cl)c2C1. The van der Waals surface area contributed by atoms with Crippen LogP contribution in [0.25, 0.3) is 0 Å². The second kappa shape index (κ2) is 6.24. The molecule has 0 spiro atoms. The molecule has 0 radical (unpaired) electrons. The molecule has 0 aliphatic carbocycles. The molecule has 0 saturated carbocycles. The number of nitro benzene ring substituents is 1. The smallest absolute Gasteiger partial charge is 0.292 e. The molecular weight excluding hydrogens is 278 g/mol. The standard InChI is InChI=1S/C14H18ClN3O2/c1-10(2)5-7-17-8-6-16-14-11(9-17)12(15)3-4-13(14)18(19)20/h3-5,16H,6-9H2,1-2H3. The van der Waals surface area contributed by atoms with Crippen LogP contribution in [0.3, 0.4) is 0 Å². The molecule has 2 rings (SSSR count). The molecule has 0 bridgehead atoms. The van der Waals surface area contributed by atoms with Crippen LogP contribution >= 0.6 is 11.6 Å². The molecule has 0 amide bonds. The minimum atomic E-state index is -0.367. The number of halogens is 1. The number of benzene rings is 1. The van der Waals surface area contributed by atoms with Gasteiger partial charge in [0.15, 0.2) is 0 Å². The third kappa shape index (κ3) is 3.29. The summed E-state index contributed by atoms with van der Waals surface area (Å²) in [6, 6.07) is 3.06. The van der Waals surface area contributed by atoms with Crippen LogP contribution in [0.2, 0.25) is 5.02 Å². The maximum Gasteiger partial charge on any atom is 0.292 e.